The molecular weight excluding hydrogens is 905 g/mol. The van der Waals surface area contributed by atoms with Crippen molar-refractivity contribution in [1.82, 2.24) is 4.57 Å². The third-order valence-corrected chi connectivity index (χ3v) is 16.1. The molecule has 0 atom stereocenters. The summed E-state index contributed by atoms with van der Waals surface area (Å²) in [5, 5.41) is 2.49. The molecule has 0 fully saturated rings. The Morgan fingerprint density at radius 2 is 0.707 bits per heavy atom. The summed E-state index contributed by atoms with van der Waals surface area (Å²) < 4.78 is 2.40. The van der Waals surface area contributed by atoms with E-state index in [1.54, 1.807) is 0 Å². The van der Waals surface area contributed by atoms with E-state index < -0.39 is 5.41 Å². The van der Waals surface area contributed by atoms with Crippen molar-refractivity contribution < 1.29 is 0 Å². The summed E-state index contributed by atoms with van der Waals surface area (Å²) in [5.41, 5.74) is 26.2. The molecule has 0 bridgehead atoms. The van der Waals surface area contributed by atoms with Crippen LogP contribution in [0, 0.1) is 0 Å². The Bertz CT molecular complexity index is 4290. The Kier molecular flexibility index (Phi) is 9.83. The number of para-hydroxylation sites is 3. The Hall–Kier alpha value is -9.76. The normalized spacial score (nSPS) is 12.6. The molecule has 75 heavy (non-hydrogen) atoms. The number of rotatable bonds is 8. The monoisotopic (exact) mass is 952 g/mol. The minimum Gasteiger partial charge on any atom is -0.310 e. The van der Waals surface area contributed by atoms with Crippen LogP contribution in [0.5, 0.6) is 0 Å². The number of nitrogens with zero attached hydrogens (tertiary/aromatic N) is 2. The summed E-state index contributed by atoms with van der Waals surface area (Å²) in [4.78, 5) is 2.50. The second kappa shape index (κ2) is 17.2. The molecule has 0 amide bonds. The fourth-order valence-corrected chi connectivity index (χ4v) is 13.0. The minimum atomic E-state index is -0.491. The number of aromatic nitrogens is 1. The average Bonchev–Trinajstić information content (AvgIpc) is 4.19. The van der Waals surface area contributed by atoms with Crippen molar-refractivity contribution in [3.8, 4) is 72.4 Å². The Morgan fingerprint density at radius 3 is 1.36 bits per heavy atom. The highest BCUT2D eigenvalue weighted by molar-refractivity contribution is 6.16. The summed E-state index contributed by atoms with van der Waals surface area (Å²) in [5.74, 6) is 0. The van der Waals surface area contributed by atoms with Gasteiger partial charge >= 0.3 is 0 Å². The largest absolute Gasteiger partial charge is 0.310 e. The summed E-state index contributed by atoms with van der Waals surface area (Å²) in [6.07, 6.45) is 0. The van der Waals surface area contributed by atoms with Crippen LogP contribution in [0.1, 0.15) is 22.3 Å². The predicted octanol–water partition coefficient (Wildman–Crippen LogP) is 19.3. The molecular formula is C73H48N2. The van der Waals surface area contributed by atoms with E-state index in [-0.39, 0.29) is 0 Å². The molecule has 1 spiro atoms. The van der Waals surface area contributed by atoms with Crippen LogP contribution in [-0.2, 0) is 5.41 Å². The van der Waals surface area contributed by atoms with Gasteiger partial charge in [0.25, 0.3) is 0 Å². The molecule has 15 rings (SSSR count). The number of hydrogen-bond donors (Lipinski definition) is 0. The first kappa shape index (κ1) is 42.9. The van der Waals surface area contributed by atoms with Gasteiger partial charge in [-0.05, 0) is 138 Å². The molecule has 0 aliphatic heterocycles. The molecule has 0 saturated heterocycles. The third-order valence-electron chi connectivity index (χ3n) is 16.1. The van der Waals surface area contributed by atoms with Crippen molar-refractivity contribution in [2.45, 2.75) is 5.41 Å². The van der Waals surface area contributed by atoms with Crippen molar-refractivity contribution in [2.24, 2.45) is 0 Å². The fraction of sp³-hybridized carbons (Fsp3) is 0.0137. The Balaban J connectivity index is 0.956. The van der Waals surface area contributed by atoms with E-state index in [1.807, 2.05) is 0 Å². The summed E-state index contributed by atoms with van der Waals surface area (Å²) in [6.45, 7) is 0. The first-order chi connectivity index (χ1) is 37.3. The molecule has 1 aromatic heterocycles. The molecule has 2 heteroatoms. The molecule has 2 aliphatic rings. The Morgan fingerprint density at radius 1 is 0.267 bits per heavy atom. The summed E-state index contributed by atoms with van der Waals surface area (Å²) >= 11 is 0. The van der Waals surface area contributed by atoms with E-state index in [0.29, 0.717) is 0 Å². The third kappa shape index (κ3) is 6.46. The van der Waals surface area contributed by atoms with Crippen molar-refractivity contribution in [3.05, 3.63) is 313 Å². The maximum Gasteiger partial charge on any atom is 0.0726 e. The molecule has 0 N–H and O–H groups in total. The molecule has 0 saturated carbocycles. The SMILES string of the molecule is c1ccc(-c2ccccc2-c2ccccc2-c2ccccc2N(c2ccc(-c3cccc4c3c3ccccc3n4-c3ccccc3)cc2)c2ccc3c(c2)C2(c4ccccc4-c4ccccc42)c2ccccc2-3)cc1. The second-order valence-electron chi connectivity index (χ2n) is 19.9. The molecule has 0 radical (unpaired) electrons. The lowest BCUT2D eigenvalue weighted by atomic mass is 9.70. The maximum absolute atomic E-state index is 2.51. The van der Waals surface area contributed by atoms with Crippen LogP contribution in [-0.4, -0.2) is 4.57 Å². The first-order valence-electron chi connectivity index (χ1n) is 26.0. The van der Waals surface area contributed by atoms with Gasteiger partial charge in [0.15, 0.2) is 0 Å². The van der Waals surface area contributed by atoms with Gasteiger partial charge in [0, 0.05) is 33.4 Å². The lowest BCUT2D eigenvalue weighted by molar-refractivity contribution is 0.793. The van der Waals surface area contributed by atoms with Gasteiger partial charge in [-0.2, -0.15) is 0 Å². The highest BCUT2D eigenvalue weighted by Crippen LogP contribution is 2.63. The number of anilines is 3. The zero-order valence-corrected chi connectivity index (χ0v) is 41.1. The highest BCUT2D eigenvalue weighted by Gasteiger charge is 2.51. The number of benzene rings is 12. The molecule has 2 nitrogen and oxygen atoms in total. The maximum atomic E-state index is 2.51. The van der Waals surface area contributed by atoms with Gasteiger partial charge in [0.1, 0.15) is 0 Å². The van der Waals surface area contributed by atoms with Crippen molar-refractivity contribution >= 4 is 38.9 Å². The lowest BCUT2D eigenvalue weighted by Crippen LogP contribution is -2.26. The Labute approximate surface area is 437 Å². The van der Waals surface area contributed by atoms with Crippen LogP contribution < -0.4 is 4.90 Å². The van der Waals surface area contributed by atoms with Gasteiger partial charge in [-0.15, -0.1) is 0 Å². The topological polar surface area (TPSA) is 8.17 Å². The minimum absolute atomic E-state index is 0.491. The van der Waals surface area contributed by atoms with Gasteiger partial charge < -0.3 is 9.47 Å². The van der Waals surface area contributed by atoms with Crippen LogP contribution in [0.25, 0.3) is 94.3 Å². The molecule has 2 aliphatic carbocycles. The zero-order valence-electron chi connectivity index (χ0n) is 41.1. The van der Waals surface area contributed by atoms with Crippen molar-refractivity contribution in [3.63, 3.8) is 0 Å². The van der Waals surface area contributed by atoms with Gasteiger partial charge in [-0.1, -0.05) is 237 Å². The summed E-state index contributed by atoms with van der Waals surface area (Å²) in [6, 6.07) is 108. The molecule has 1 heterocycles. The molecule has 350 valence electrons. The lowest BCUT2D eigenvalue weighted by Gasteiger charge is -2.33. The van der Waals surface area contributed by atoms with E-state index in [0.717, 1.165) is 28.3 Å². The van der Waals surface area contributed by atoms with Gasteiger partial charge in [-0.3, -0.25) is 0 Å². The first-order valence-corrected chi connectivity index (χ1v) is 26.0. The van der Waals surface area contributed by atoms with Gasteiger partial charge in [-0.25, -0.2) is 0 Å². The van der Waals surface area contributed by atoms with E-state index in [4.69, 9.17) is 0 Å². The standard InChI is InChI=1S/C73H48N2/c1-3-22-49(23-4-1)54-26-7-8-27-56(54)57-28-9-10-29-58(57)63-33-14-19-39-69(63)74(52-44-42-50(43-45-52)55-35-21-41-71-72(55)64-34-15-20-40-70(64)75(71)51-24-5-2-6-25-51)53-46-47-62-61-32-13-18-38-67(61)73(68(62)48-53)65-36-16-11-30-59(65)60-31-12-17-37-66(60)73/h1-48H. The van der Waals surface area contributed by atoms with Crippen molar-refractivity contribution in [1.29, 1.82) is 0 Å². The van der Waals surface area contributed by atoms with Crippen molar-refractivity contribution in [2.75, 3.05) is 4.90 Å². The predicted molar refractivity (Wildman–Crippen MR) is 314 cm³/mol. The number of fused-ring (bicyclic) bond motifs is 13. The van der Waals surface area contributed by atoms with E-state index in [9.17, 15) is 0 Å². The highest BCUT2D eigenvalue weighted by atomic mass is 15.1. The van der Waals surface area contributed by atoms with Crippen LogP contribution in [0.15, 0.2) is 291 Å². The average molecular weight is 953 g/mol. The number of hydrogen-bond acceptors (Lipinski definition) is 1. The van der Waals surface area contributed by atoms with E-state index >= 15 is 0 Å². The molecule has 13 aromatic rings. The smallest absolute Gasteiger partial charge is 0.0726 e. The summed E-state index contributed by atoms with van der Waals surface area (Å²) in [7, 11) is 0. The van der Waals surface area contributed by atoms with Crippen LogP contribution in [0.4, 0.5) is 17.1 Å². The fourth-order valence-electron chi connectivity index (χ4n) is 13.0. The van der Waals surface area contributed by atoms with Crippen LogP contribution in [0.3, 0.4) is 0 Å². The molecule has 12 aromatic carbocycles. The molecule has 0 unspecified atom stereocenters. The van der Waals surface area contributed by atoms with Crippen LogP contribution >= 0.6 is 0 Å². The van der Waals surface area contributed by atoms with Gasteiger partial charge in [0.2, 0.25) is 0 Å². The van der Waals surface area contributed by atoms with Gasteiger partial charge in [0.05, 0.1) is 22.1 Å². The second-order valence-corrected chi connectivity index (χ2v) is 19.9. The quantitative estimate of drug-likeness (QED) is 0.147. The van der Waals surface area contributed by atoms with Crippen LogP contribution in [0.2, 0.25) is 0 Å². The van der Waals surface area contributed by atoms with E-state index in [1.165, 1.54) is 105 Å². The van der Waals surface area contributed by atoms with E-state index in [2.05, 4.69) is 301 Å². The zero-order chi connectivity index (χ0) is 49.5.